The van der Waals surface area contributed by atoms with Gasteiger partial charge in [0.2, 0.25) is 11.8 Å². The average Bonchev–Trinajstić information content (AvgIpc) is 2.40. The van der Waals surface area contributed by atoms with Crippen LogP contribution in [0.2, 0.25) is 0 Å². The van der Waals surface area contributed by atoms with E-state index in [0.29, 0.717) is 26.2 Å². The molecular weight excluding hydrogens is 242 g/mol. The molecule has 1 fully saturated rings. The van der Waals surface area contributed by atoms with Crippen molar-refractivity contribution in [2.24, 2.45) is 0 Å². The highest BCUT2D eigenvalue weighted by Crippen LogP contribution is 2.19. The van der Waals surface area contributed by atoms with Crippen LogP contribution in [0.3, 0.4) is 0 Å². The topological polar surface area (TPSA) is 61.4 Å². The van der Waals surface area contributed by atoms with Gasteiger partial charge >= 0.3 is 0 Å². The summed E-state index contributed by atoms with van der Waals surface area (Å²) < 4.78 is 0. The highest BCUT2D eigenvalue weighted by molar-refractivity contribution is 5.81. The third kappa shape index (κ3) is 5.03. The number of piperazine rings is 1. The van der Waals surface area contributed by atoms with E-state index in [0.717, 1.165) is 13.0 Å². The van der Waals surface area contributed by atoms with Crippen LogP contribution in [0.5, 0.6) is 0 Å². The molecule has 0 radical (unpaired) electrons. The molecule has 0 spiro atoms. The molecule has 2 aliphatic rings. The summed E-state index contributed by atoms with van der Waals surface area (Å²) >= 11 is 0. The van der Waals surface area contributed by atoms with Crippen molar-refractivity contribution < 1.29 is 9.59 Å². The number of hydrogen-bond acceptors (Lipinski definition) is 3. The lowest BCUT2D eigenvalue weighted by Gasteiger charge is -2.25. The van der Waals surface area contributed by atoms with Gasteiger partial charge in [0.1, 0.15) is 0 Å². The molecule has 1 saturated heterocycles. The summed E-state index contributed by atoms with van der Waals surface area (Å²) in [5.41, 5.74) is 1.48. The maximum atomic E-state index is 11.8. The summed E-state index contributed by atoms with van der Waals surface area (Å²) in [5, 5.41) is 5.69. The first-order valence-corrected chi connectivity index (χ1v) is 7.18. The van der Waals surface area contributed by atoms with Crippen molar-refractivity contribution in [2.75, 3.05) is 32.7 Å². The molecule has 1 aliphatic heterocycles. The SMILES string of the molecule is O=C(CN1CCNC(=O)C1)NCCC1=CCCCC1. The smallest absolute Gasteiger partial charge is 0.234 e. The molecule has 106 valence electrons. The van der Waals surface area contributed by atoms with E-state index >= 15 is 0 Å². The quantitative estimate of drug-likeness (QED) is 0.708. The number of allylic oxidation sites excluding steroid dienone is 1. The van der Waals surface area contributed by atoms with Crippen LogP contribution in [-0.4, -0.2) is 49.4 Å². The lowest BCUT2D eigenvalue weighted by atomic mass is 9.97. The zero-order chi connectivity index (χ0) is 13.5. The fourth-order valence-corrected chi connectivity index (χ4v) is 2.58. The van der Waals surface area contributed by atoms with Crippen LogP contribution in [0.1, 0.15) is 32.1 Å². The number of carbonyl (C=O) groups excluding carboxylic acids is 2. The van der Waals surface area contributed by atoms with Gasteiger partial charge in [0.25, 0.3) is 0 Å². The fraction of sp³-hybridized carbons (Fsp3) is 0.714. The van der Waals surface area contributed by atoms with Crippen molar-refractivity contribution in [2.45, 2.75) is 32.1 Å². The lowest BCUT2D eigenvalue weighted by Crippen LogP contribution is -2.50. The molecule has 1 aliphatic carbocycles. The molecule has 5 heteroatoms. The Balaban J connectivity index is 1.61. The number of amides is 2. The minimum atomic E-state index is 0.00594. The highest BCUT2D eigenvalue weighted by atomic mass is 16.2. The molecule has 2 amide bonds. The first kappa shape index (κ1) is 14.1. The van der Waals surface area contributed by atoms with Crippen molar-refractivity contribution in [3.05, 3.63) is 11.6 Å². The molecule has 2 N–H and O–H groups in total. The molecule has 0 bridgehead atoms. The summed E-state index contributed by atoms with van der Waals surface area (Å²) in [6.45, 7) is 2.76. The molecule has 1 heterocycles. The van der Waals surface area contributed by atoms with Gasteiger partial charge in [0.05, 0.1) is 13.1 Å². The first-order valence-electron chi connectivity index (χ1n) is 7.18. The van der Waals surface area contributed by atoms with Crippen LogP contribution in [0.15, 0.2) is 11.6 Å². The third-order valence-electron chi connectivity index (χ3n) is 3.64. The Kier molecular flexibility index (Phi) is 5.39. The van der Waals surface area contributed by atoms with E-state index in [9.17, 15) is 9.59 Å². The minimum absolute atomic E-state index is 0.00594. The fourth-order valence-electron chi connectivity index (χ4n) is 2.58. The van der Waals surface area contributed by atoms with Crippen LogP contribution in [0, 0.1) is 0 Å². The number of nitrogens with one attached hydrogen (secondary N) is 2. The van der Waals surface area contributed by atoms with E-state index in [1.54, 1.807) is 0 Å². The number of rotatable bonds is 5. The molecule has 0 unspecified atom stereocenters. The molecule has 0 aromatic rings. The summed E-state index contributed by atoms with van der Waals surface area (Å²) in [6.07, 6.45) is 8.22. The third-order valence-corrected chi connectivity index (χ3v) is 3.64. The van der Waals surface area contributed by atoms with Crippen LogP contribution >= 0.6 is 0 Å². The molecule has 0 saturated carbocycles. The Hall–Kier alpha value is -1.36. The summed E-state index contributed by atoms with van der Waals surface area (Å²) in [6, 6.07) is 0. The predicted molar refractivity (Wildman–Crippen MR) is 73.6 cm³/mol. The number of nitrogens with zero attached hydrogens (tertiary/aromatic N) is 1. The molecule has 0 atom stereocenters. The second-order valence-electron chi connectivity index (χ2n) is 5.27. The zero-order valence-electron chi connectivity index (χ0n) is 11.4. The zero-order valence-corrected chi connectivity index (χ0v) is 11.4. The second kappa shape index (κ2) is 7.28. The summed E-state index contributed by atoms with van der Waals surface area (Å²) in [7, 11) is 0. The Morgan fingerprint density at radius 1 is 1.42 bits per heavy atom. The van der Waals surface area contributed by atoms with E-state index in [4.69, 9.17) is 0 Å². The van der Waals surface area contributed by atoms with Gasteiger partial charge in [-0.15, -0.1) is 0 Å². The Morgan fingerprint density at radius 2 is 2.32 bits per heavy atom. The molecule has 19 heavy (non-hydrogen) atoms. The average molecular weight is 265 g/mol. The summed E-state index contributed by atoms with van der Waals surface area (Å²) in [5.74, 6) is 0.0255. The molecule has 0 aromatic carbocycles. The molecular formula is C14H23N3O2. The largest absolute Gasteiger partial charge is 0.355 e. The van der Waals surface area contributed by atoms with Gasteiger partial charge < -0.3 is 10.6 Å². The van der Waals surface area contributed by atoms with Gasteiger partial charge in [-0.2, -0.15) is 0 Å². The van der Waals surface area contributed by atoms with Crippen LogP contribution in [-0.2, 0) is 9.59 Å². The van der Waals surface area contributed by atoms with Gasteiger partial charge in [-0.1, -0.05) is 11.6 Å². The van der Waals surface area contributed by atoms with Gasteiger partial charge in [0, 0.05) is 19.6 Å². The monoisotopic (exact) mass is 265 g/mol. The molecule has 5 nitrogen and oxygen atoms in total. The minimum Gasteiger partial charge on any atom is -0.355 e. The maximum absolute atomic E-state index is 11.8. The predicted octanol–water partition coefficient (Wildman–Crippen LogP) is 0.425. The van der Waals surface area contributed by atoms with Gasteiger partial charge in [-0.25, -0.2) is 0 Å². The van der Waals surface area contributed by atoms with E-state index < -0.39 is 0 Å². The summed E-state index contributed by atoms with van der Waals surface area (Å²) in [4.78, 5) is 24.8. The van der Waals surface area contributed by atoms with Crippen LogP contribution in [0.4, 0.5) is 0 Å². The van der Waals surface area contributed by atoms with E-state index in [1.165, 1.54) is 31.3 Å². The molecule has 2 rings (SSSR count). The van der Waals surface area contributed by atoms with Crippen LogP contribution in [0.25, 0.3) is 0 Å². The normalized spacial score (nSPS) is 20.6. The second-order valence-corrected chi connectivity index (χ2v) is 5.27. The first-order chi connectivity index (χ1) is 9.24. The highest BCUT2D eigenvalue weighted by Gasteiger charge is 2.18. The van der Waals surface area contributed by atoms with Crippen molar-refractivity contribution in [1.82, 2.24) is 15.5 Å². The Bertz CT molecular complexity index is 366. The van der Waals surface area contributed by atoms with E-state index in [1.807, 2.05) is 4.90 Å². The Morgan fingerprint density at radius 3 is 3.05 bits per heavy atom. The maximum Gasteiger partial charge on any atom is 0.234 e. The number of carbonyl (C=O) groups is 2. The van der Waals surface area contributed by atoms with Crippen molar-refractivity contribution in [3.8, 4) is 0 Å². The lowest BCUT2D eigenvalue weighted by molar-refractivity contribution is -0.126. The molecule has 0 aromatic heterocycles. The van der Waals surface area contributed by atoms with Gasteiger partial charge in [-0.05, 0) is 32.1 Å². The Labute approximate surface area is 114 Å². The standard InChI is InChI=1S/C14H23N3O2/c18-13(10-17-9-8-16-14(19)11-17)15-7-6-12-4-2-1-3-5-12/h4H,1-3,5-11H2,(H,15,18)(H,16,19). The van der Waals surface area contributed by atoms with Gasteiger partial charge in [0.15, 0.2) is 0 Å². The van der Waals surface area contributed by atoms with Gasteiger partial charge in [-0.3, -0.25) is 14.5 Å². The van der Waals surface area contributed by atoms with E-state index in [-0.39, 0.29) is 11.8 Å². The van der Waals surface area contributed by atoms with Crippen molar-refractivity contribution >= 4 is 11.8 Å². The van der Waals surface area contributed by atoms with Crippen LogP contribution < -0.4 is 10.6 Å². The number of hydrogen-bond donors (Lipinski definition) is 2. The van der Waals surface area contributed by atoms with Crippen molar-refractivity contribution in [3.63, 3.8) is 0 Å². The van der Waals surface area contributed by atoms with Crippen molar-refractivity contribution in [1.29, 1.82) is 0 Å². The van der Waals surface area contributed by atoms with E-state index in [2.05, 4.69) is 16.7 Å².